The minimum Gasteiger partial charge on any atom is -0.477 e. The molecule has 24 nitrogen and oxygen atoms in total. The maximum atomic E-state index is 14.5. The molecule has 386 valence electrons. The van der Waals surface area contributed by atoms with Crippen LogP contribution in [0.4, 0.5) is 16.2 Å². The molecule has 7 rings (SSSR count). The van der Waals surface area contributed by atoms with Gasteiger partial charge in [0.05, 0.1) is 31.0 Å². The lowest BCUT2D eigenvalue weighted by Crippen LogP contribution is -2.70. The van der Waals surface area contributed by atoms with E-state index in [1.165, 1.54) is 11.0 Å². The van der Waals surface area contributed by atoms with Crippen LogP contribution in [0.5, 0.6) is 5.75 Å². The van der Waals surface area contributed by atoms with Gasteiger partial charge < -0.3 is 95.5 Å². The number of benzene rings is 3. The first-order valence-electron chi connectivity index (χ1n) is 22.3. The van der Waals surface area contributed by atoms with Crippen molar-refractivity contribution >= 4 is 74.4 Å². The zero-order valence-electron chi connectivity index (χ0n) is 38.6. The molecule has 1 aromatic heterocycles. The van der Waals surface area contributed by atoms with Gasteiger partial charge in [0, 0.05) is 59.7 Å². The van der Waals surface area contributed by atoms with Crippen LogP contribution in [0.15, 0.2) is 54.6 Å². The number of nitrogens with zero attached hydrogens (tertiary/aromatic N) is 1. The summed E-state index contributed by atoms with van der Waals surface area (Å²) in [7, 11) is 0. The summed E-state index contributed by atoms with van der Waals surface area (Å²) in [6.07, 6.45) is -18.4. The quantitative estimate of drug-likeness (QED) is 0.0524. The van der Waals surface area contributed by atoms with Crippen molar-refractivity contribution in [3.63, 3.8) is 0 Å². The number of aliphatic hydroxyl groups excluding tert-OH is 6. The SMILES string of the molecule is CC(=O)NC1C(O)CC(OCC2OC(Oc3cc4c(c5ccccc35)C(CCl)CN4C(=O)c3cc4cc(NC(=O)CNC(=O)OC(C)(C)C)ccc4[nH]3)C(O)C(O)C2(O)O)(C(=O)O)OC1C(O)C(O)CO. The summed E-state index contributed by atoms with van der Waals surface area (Å²) >= 11 is 6.52. The number of hydrogen-bond donors (Lipinski definition) is 13. The van der Waals surface area contributed by atoms with E-state index < -0.39 is 128 Å². The van der Waals surface area contributed by atoms with E-state index in [-0.39, 0.29) is 30.4 Å². The van der Waals surface area contributed by atoms with Gasteiger partial charge in [-0.25, -0.2) is 9.59 Å². The molecule has 2 fully saturated rings. The Hall–Kier alpha value is -5.74. The number of hydrogen-bond acceptors (Lipinski definition) is 18. The number of H-pyrrole nitrogens is 1. The van der Waals surface area contributed by atoms with Crippen LogP contribution in [0.2, 0.25) is 0 Å². The molecule has 0 bridgehead atoms. The first-order valence-corrected chi connectivity index (χ1v) is 22.8. The lowest BCUT2D eigenvalue weighted by molar-refractivity contribution is -0.388. The molecular weight excluding hydrogens is 962 g/mol. The maximum Gasteiger partial charge on any atom is 0.408 e. The van der Waals surface area contributed by atoms with Crippen molar-refractivity contribution < 1.29 is 93.6 Å². The average molecular weight is 1020 g/mol. The highest BCUT2D eigenvalue weighted by atomic mass is 35.5. The van der Waals surface area contributed by atoms with Gasteiger partial charge in [-0.05, 0) is 56.0 Å². The molecule has 0 saturated carbocycles. The lowest BCUT2D eigenvalue weighted by Gasteiger charge is -2.48. The number of halogens is 1. The van der Waals surface area contributed by atoms with Crippen LogP contribution in [0.1, 0.15) is 56.1 Å². The first-order chi connectivity index (χ1) is 33.4. The molecule has 3 aromatic carbocycles. The third kappa shape index (κ3) is 11.0. The highest BCUT2D eigenvalue weighted by molar-refractivity contribution is 6.19. The molecule has 4 aromatic rings. The lowest BCUT2D eigenvalue weighted by atomic mass is 9.88. The number of aliphatic carboxylic acids is 1. The fraction of sp³-hybridized carbons (Fsp3) is 0.500. The molecule has 0 aliphatic carbocycles. The summed E-state index contributed by atoms with van der Waals surface area (Å²) in [6.45, 7) is 3.63. The number of rotatable bonds is 15. The Balaban J connectivity index is 1.14. The third-order valence-corrected chi connectivity index (χ3v) is 12.6. The third-order valence-electron chi connectivity index (χ3n) is 12.2. The fourth-order valence-corrected chi connectivity index (χ4v) is 9.03. The summed E-state index contributed by atoms with van der Waals surface area (Å²) < 4.78 is 28.4. The number of alkyl carbamates (subject to hydrolysis) is 1. The number of carboxylic acid groups (broad SMARTS) is 1. The Kier molecular flexibility index (Phi) is 15.5. The van der Waals surface area contributed by atoms with Crippen molar-refractivity contribution in [2.75, 3.05) is 42.4 Å². The van der Waals surface area contributed by atoms with E-state index in [9.17, 15) is 69.9 Å². The normalized spacial score (nSPS) is 27.1. The van der Waals surface area contributed by atoms with Crippen LogP contribution < -0.4 is 25.6 Å². The number of alkyl halides is 1. The monoisotopic (exact) mass is 1020 g/mol. The van der Waals surface area contributed by atoms with E-state index >= 15 is 0 Å². The van der Waals surface area contributed by atoms with Gasteiger partial charge in [-0.2, -0.15) is 0 Å². The minimum absolute atomic E-state index is 0.0334. The Morgan fingerprint density at radius 3 is 2.37 bits per heavy atom. The molecular formula is C46H56ClN5O19. The first kappa shape index (κ1) is 53.1. The summed E-state index contributed by atoms with van der Waals surface area (Å²) in [6, 6.07) is 13.2. The molecule has 25 heteroatoms. The number of carbonyl (C=O) groups excluding carboxylic acids is 4. The predicted octanol–water partition coefficient (Wildman–Crippen LogP) is -0.560. The molecule has 2 saturated heterocycles. The highest BCUT2D eigenvalue weighted by Crippen LogP contribution is 2.47. The van der Waals surface area contributed by atoms with Crippen molar-refractivity contribution in [2.45, 2.75) is 112 Å². The van der Waals surface area contributed by atoms with Crippen LogP contribution in [0.25, 0.3) is 21.7 Å². The molecule has 0 radical (unpaired) electrons. The van der Waals surface area contributed by atoms with Gasteiger partial charge in [-0.3, -0.25) is 14.4 Å². The zero-order chi connectivity index (χ0) is 51.9. The Labute approximate surface area is 408 Å². The van der Waals surface area contributed by atoms with Crippen molar-refractivity contribution in [3.05, 3.63) is 65.9 Å². The smallest absolute Gasteiger partial charge is 0.408 e. The standard InChI is InChI=1S/C46H56ClN5O19/c1-20(54)49-35-29(55)14-45(42(62)63,70-38(35)36(58)30(56)18-53)67-19-32-46(65,66)39(60)37(59)41(69-32)68-31-13-28-34(25-8-6-5-7-24(25)31)22(15-47)17-52(28)40(61)27-12-21-11-23(9-10-26(21)51-27)50-33(57)16-48-43(64)71-44(2,3)4/h5-13,22,29-30,32,35-39,41,51,53,55-56,58-60,65-66H,14-19H2,1-4H3,(H,48,64)(H,49,54)(H,50,57)(H,62,63). The van der Waals surface area contributed by atoms with Crippen LogP contribution in [-0.4, -0.2) is 185 Å². The summed E-state index contributed by atoms with van der Waals surface area (Å²) in [5.41, 5.74) is 1.32. The number of fused-ring (bicyclic) bond motifs is 4. The van der Waals surface area contributed by atoms with Crippen molar-refractivity contribution in [1.29, 1.82) is 0 Å². The molecule has 0 spiro atoms. The van der Waals surface area contributed by atoms with Gasteiger partial charge in [0.25, 0.3) is 11.7 Å². The number of aliphatic hydroxyl groups is 8. The number of carboxylic acids is 1. The van der Waals surface area contributed by atoms with Gasteiger partial charge in [-0.15, -0.1) is 11.6 Å². The number of anilines is 2. The Morgan fingerprint density at radius 2 is 1.72 bits per heavy atom. The van der Waals surface area contributed by atoms with Gasteiger partial charge in [0.2, 0.25) is 23.9 Å². The molecule has 3 aliphatic heterocycles. The van der Waals surface area contributed by atoms with Gasteiger partial charge in [0.1, 0.15) is 60.2 Å². The number of nitrogens with one attached hydrogen (secondary N) is 4. The zero-order valence-corrected chi connectivity index (χ0v) is 39.4. The molecule has 3 aliphatic rings. The fourth-order valence-electron chi connectivity index (χ4n) is 8.78. The second kappa shape index (κ2) is 20.8. The topological polar surface area (TPSA) is 369 Å². The van der Waals surface area contributed by atoms with Gasteiger partial charge in [-0.1, -0.05) is 24.3 Å². The number of aromatic nitrogens is 1. The van der Waals surface area contributed by atoms with Crippen molar-refractivity contribution in [1.82, 2.24) is 15.6 Å². The van der Waals surface area contributed by atoms with Crippen LogP contribution >= 0.6 is 11.6 Å². The van der Waals surface area contributed by atoms with Gasteiger partial charge in [0.15, 0.2) is 0 Å². The minimum atomic E-state index is -3.38. The van der Waals surface area contributed by atoms with Gasteiger partial charge >= 0.3 is 12.1 Å². The number of aromatic amines is 1. The van der Waals surface area contributed by atoms with E-state index in [1.807, 2.05) is 0 Å². The summed E-state index contributed by atoms with van der Waals surface area (Å²) in [4.78, 5) is 68.5. The highest BCUT2D eigenvalue weighted by Gasteiger charge is 2.59. The molecule has 4 amide bonds. The van der Waals surface area contributed by atoms with Crippen LogP contribution in [0.3, 0.4) is 0 Å². The van der Waals surface area contributed by atoms with Crippen LogP contribution in [-0.2, 0) is 33.3 Å². The summed E-state index contributed by atoms with van der Waals surface area (Å²) in [5.74, 6) is -10.4. The van der Waals surface area contributed by atoms with E-state index in [0.717, 1.165) is 6.92 Å². The Morgan fingerprint density at radius 1 is 1.01 bits per heavy atom. The number of ether oxygens (including phenoxy) is 5. The molecule has 11 atom stereocenters. The molecule has 13 N–H and O–H groups in total. The molecule has 71 heavy (non-hydrogen) atoms. The largest absolute Gasteiger partial charge is 0.477 e. The summed E-state index contributed by atoms with van der Waals surface area (Å²) in [5, 5.41) is 105. The van der Waals surface area contributed by atoms with E-state index in [1.54, 1.807) is 69.3 Å². The van der Waals surface area contributed by atoms with E-state index in [0.29, 0.717) is 38.6 Å². The second-order valence-corrected chi connectivity index (χ2v) is 18.8. The number of amides is 4. The van der Waals surface area contributed by atoms with Crippen LogP contribution in [0, 0.1) is 0 Å². The predicted molar refractivity (Wildman–Crippen MR) is 247 cm³/mol. The maximum absolute atomic E-state index is 14.5. The van der Waals surface area contributed by atoms with E-state index in [4.69, 9.17) is 35.3 Å². The molecule has 11 unspecified atom stereocenters. The second-order valence-electron chi connectivity index (χ2n) is 18.5. The average Bonchev–Trinajstić information content (AvgIpc) is 3.91. The van der Waals surface area contributed by atoms with Crippen molar-refractivity contribution in [3.8, 4) is 5.75 Å². The van der Waals surface area contributed by atoms with Crippen molar-refractivity contribution in [2.24, 2.45) is 0 Å². The Bertz CT molecular complexity index is 2660. The number of carbonyl (C=O) groups is 5. The van der Waals surface area contributed by atoms with E-state index in [2.05, 4.69) is 20.9 Å². The molecule has 4 heterocycles.